The van der Waals surface area contributed by atoms with Crippen LogP contribution >= 0.6 is 0 Å². The van der Waals surface area contributed by atoms with Crippen molar-refractivity contribution >= 4 is 39.1 Å². The van der Waals surface area contributed by atoms with Crippen LogP contribution in [0.25, 0.3) is 32.8 Å². The standard InChI is InChI=1S/C20H18N6O/c1-26-10-16-14(7-22-9-18(16)25-26)12-4-13-6-19(24-20(27)11-2-3-11)23-8-15(13)17(21)5-12/h4-11H,2-3,21H2,1H3,(H,23,24,27). The van der Waals surface area contributed by atoms with Gasteiger partial charge in [-0.1, -0.05) is 0 Å². The Labute approximate surface area is 155 Å². The van der Waals surface area contributed by atoms with Gasteiger partial charge in [-0.15, -0.1) is 0 Å². The zero-order valence-electron chi connectivity index (χ0n) is 14.8. The molecule has 0 unspecified atom stereocenters. The predicted octanol–water partition coefficient (Wildman–Crippen LogP) is 3.11. The van der Waals surface area contributed by atoms with Crippen LogP contribution in [0.15, 0.2) is 43.0 Å². The van der Waals surface area contributed by atoms with E-state index in [1.165, 1.54) is 0 Å². The van der Waals surface area contributed by atoms with Crippen molar-refractivity contribution in [3.8, 4) is 11.1 Å². The fraction of sp³-hybridized carbons (Fsp3) is 0.200. The number of anilines is 2. The van der Waals surface area contributed by atoms with Gasteiger partial charge in [0.05, 0.1) is 6.20 Å². The summed E-state index contributed by atoms with van der Waals surface area (Å²) in [7, 11) is 1.89. The van der Waals surface area contributed by atoms with E-state index >= 15 is 0 Å². The molecule has 7 nitrogen and oxygen atoms in total. The smallest absolute Gasteiger partial charge is 0.228 e. The molecule has 1 fully saturated rings. The van der Waals surface area contributed by atoms with Crippen LogP contribution in [-0.4, -0.2) is 25.7 Å². The van der Waals surface area contributed by atoms with Crippen LogP contribution in [0.4, 0.5) is 11.5 Å². The summed E-state index contributed by atoms with van der Waals surface area (Å²) in [5.74, 6) is 0.720. The monoisotopic (exact) mass is 358 g/mol. The van der Waals surface area contributed by atoms with Crippen LogP contribution in [0.1, 0.15) is 12.8 Å². The lowest BCUT2D eigenvalue weighted by molar-refractivity contribution is -0.117. The van der Waals surface area contributed by atoms with Crippen molar-refractivity contribution in [2.75, 3.05) is 11.1 Å². The molecule has 4 aromatic rings. The van der Waals surface area contributed by atoms with Crippen LogP contribution < -0.4 is 11.1 Å². The number of nitrogens with zero attached hydrogens (tertiary/aromatic N) is 4. The first-order valence-corrected chi connectivity index (χ1v) is 8.86. The lowest BCUT2D eigenvalue weighted by Gasteiger charge is -2.10. The summed E-state index contributed by atoms with van der Waals surface area (Å²) in [5.41, 5.74) is 9.68. The SMILES string of the molecule is Cn1cc2c(-c3cc(N)c4cnc(NC(=O)C5CC5)cc4c3)cncc2n1. The van der Waals surface area contributed by atoms with Crippen LogP contribution in [0.3, 0.4) is 0 Å². The van der Waals surface area contributed by atoms with Crippen LogP contribution in [0.2, 0.25) is 0 Å². The van der Waals surface area contributed by atoms with Gasteiger partial charge >= 0.3 is 0 Å². The van der Waals surface area contributed by atoms with Gasteiger partial charge in [-0.3, -0.25) is 14.5 Å². The molecule has 134 valence electrons. The summed E-state index contributed by atoms with van der Waals surface area (Å²) in [6, 6.07) is 5.84. The fourth-order valence-electron chi connectivity index (χ4n) is 3.37. The van der Waals surface area contributed by atoms with Crippen molar-refractivity contribution in [1.29, 1.82) is 0 Å². The second-order valence-corrected chi connectivity index (χ2v) is 7.04. The number of nitrogen functional groups attached to an aromatic ring is 1. The Morgan fingerprint density at radius 1 is 1.19 bits per heavy atom. The largest absolute Gasteiger partial charge is 0.398 e. The third-order valence-electron chi connectivity index (χ3n) is 4.93. The van der Waals surface area contributed by atoms with Gasteiger partial charge in [-0.2, -0.15) is 5.10 Å². The molecule has 1 aliphatic rings. The molecule has 3 heterocycles. The molecule has 5 rings (SSSR count). The maximum atomic E-state index is 12.0. The van der Waals surface area contributed by atoms with Crippen molar-refractivity contribution in [2.45, 2.75) is 12.8 Å². The summed E-state index contributed by atoms with van der Waals surface area (Å²) in [6.07, 6.45) is 9.16. The highest BCUT2D eigenvalue weighted by molar-refractivity contribution is 6.02. The summed E-state index contributed by atoms with van der Waals surface area (Å²) in [5, 5.41) is 10.1. The first kappa shape index (κ1) is 15.7. The summed E-state index contributed by atoms with van der Waals surface area (Å²) < 4.78 is 1.77. The van der Waals surface area contributed by atoms with Gasteiger partial charge in [-0.25, -0.2) is 4.98 Å². The number of fused-ring (bicyclic) bond motifs is 2. The maximum Gasteiger partial charge on any atom is 0.228 e. The summed E-state index contributed by atoms with van der Waals surface area (Å²) in [6.45, 7) is 0. The summed E-state index contributed by atoms with van der Waals surface area (Å²) in [4.78, 5) is 20.7. The number of nitrogens with one attached hydrogen (secondary N) is 1. The second kappa shape index (κ2) is 5.77. The molecule has 3 aromatic heterocycles. The van der Waals surface area contributed by atoms with Gasteiger partial charge in [0.25, 0.3) is 0 Å². The van der Waals surface area contributed by atoms with Gasteiger partial charge in [0.15, 0.2) is 0 Å². The van der Waals surface area contributed by atoms with Gasteiger partial charge in [-0.05, 0) is 42.0 Å². The highest BCUT2D eigenvalue weighted by atomic mass is 16.2. The molecule has 0 atom stereocenters. The number of rotatable bonds is 3. The predicted molar refractivity (Wildman–Crippen MR) is 105 cm³/mol. The normalized spacial score (nSPS) is 14.0. The molecule has 1 aromatic carbocycles. The van der Waals surface area contributed by atoms with Crippen LogP contribution in [0, 0.1) is 5.92 Å². The Kier molecular flexibility index (Phi) is 3.36. The quantitative estimate of drug-likeness (QED) is 0.548. The molecule has 1 saturated carbocycles. The Morgan fingerprint density at radius 2 is 2.04 bits per heavy atom. The third-order valence-corrected chi connectivity index (χ3v) is 4.93. The number of carbonyl (C=O) groups excluding carboxylic acids is 1. The zero-order valence-corrected chi connectivity index (χ0v) is 14.8. The molecule has 7 heteroatoms. The van der Waals surface area contributed by atoms with Crippen molar-refractivity contribution < 1.29 is 4.79 Å². The van der Waals surface area contributed by atoms with E-state index in [0.717, 1.165) is 45.6 Å². The number of amides is 1. The number of benzene rings is 1. The van der Waals surface area contributed by atoms with Crippen molar-refractivity contribution in [2.24, 2.45) is 13.0 Å². The second-order valence-electron chi connectivity index (χ2n) is 7.04. The fourth-order valence-corrected chi connectivity index (χ4v) is 3.37. The number of carbonyl (C=O) groups is 1. The lowest BCUT2D eigenvalue weighted by atomic mass is 10.00. The molecule has 0 radical (unpaired) electrons. The zero-order chi connectivity index (χ0) is 18.5. The molecular weight excluding hydrogens is 340 g/mol. The Bertz CT molecular complexity index is 1210. The highest BCUT2D eigenvalue weighted by Crippen LogP contribution is 2.34. The van der Waals surface area contributed by atoms with E-state index in [-0.39, 0.29) is 11.8 Å². The molecule has 0 saturated heterocycles. The lowest BCUT2D eigenvalue weighted by Crippen LogP contribution is -2.14. The minimum absolute atomic E-state index is 0.0373. The van der Waals surface area contributed by atoms with E-state index in [0.29, 0.717) is 11.5 Å². The van der Waals surface area contributed by atoms with E-state index < -0.39 is 0 Å². The molecule has 0 spiro atoms. The molecular formula is C20H18N6O. The third kappa shape index (κ3) is 2.77. The summed E-state index contributed by atoms with van der Waals surface area (Å²) >= 11 is 0. The van der Waals surface area contributed by atoms with Crippen LogP contribution in [0.5, 0.6) is 0 Å². The van der Waals surface area contributed by atoms with Crippen molar-refractivity contribution in [3.05, 3.63) is 43.0 Å². The molecule has 0 bridgehead atoms. The molecule has 3 N–H and O–H groups in total. The molecule has 0 aliphatic heterocycles. The van der Waals surface area contributed by atoms with Gasteiger partial charge < -0.3 is 11.1 Å². The number of nitrogens with two attached hydrogens (primary N) is 1. The number of hydrogen-bond acceptors (Lipinski definition) is 5. The molecule has 27 heavy (non-hydrogen) atoms. The van der Waals surface area contributed by atoms with E-state index in [1.54, 1.807) is 17.1 Å². The highest BCUT2D eigenvalue weighted by Gasteiger charge is 2.29. The Balaban J connectivity index is 1.62. The topological polar surface area (TPSA) is 98.7 Å². The van der Waals surface area contributed by atoms with E-state index in [9.17, 15) is 4.79 Å². The average molecular weight is 358 g/mol. The first-order valence-electron chi connectivity index (χ1n) is 8.86. The van der Waals surface area contributed by atoms with E-state index in [4.69, 9.17) is 5.73 Å². The van der Waals surface area contributed by atoms with Gasteiger partial charge in [0, 0.05) is 53.6 Å². The molecule has 1 amide bonds. The number of hydrogen-bond donors (Lipinski definition) is 2. The number of aryl methyl sites for hydroxylation is 1. The van der Waals surface area contributed by atoms with Gasteiger partial charge in [0.2, 0.25) is 5.91 Å². The van der Waals surface area contributed by atoms with Crippen LogP contribution in [-0.2, 0) is 11.8 Å². The maximum absolute atomic E-state index is 12.0. The van der Waals surface area contributed by atoms with Gasteiger partial charge in [0.1, 0.15) is 11.3 Å². The van der Waals surface area contributed by atoms with Crippen molar-refractivity contribution in [1.82, 2.24) is 19.7 Å². The van der Waals surface area contributed by atoms with E-state index in [2.05, 4.69) is 20.4 Å². The van der Waals surface area contributed by atoms with E-state index in [1.807, 2.05) is 37.6 Å². The first-order chi connectivity index (χ1) is 13.1. The minimum Gasteiger partial charge on any atom is -0.398 e. The molecule has 1 aliphatic carbocycles. The average Bonchev–Trinajstić information content (AvgIpc) is 3.42. The Morgan fingerprint density at radius 3 is 2.85 bits per heavy atom. The minimum atomic E-state index is 0.0373. The number of aromatic nitrogens is 4. The Hall–Kier alpha value is -3.48. The number of pyridine rings is 2. The van der Waals surface area contributed by atoms with Crippen molar-refractivity contribution in [3.63, 3.8) is 0 Å².